The molecule has 0 aromatic heterocycles. The van der Waals surface area contributed by atoms with E-state index in [2.05, 4.69) is 0 Å². The molecule has 1 saturated heterocycles. The third-order valence-electron chi connectivity index (χ3n) is 3.85. The number of carbonyl (C=O) groups is 1. The van der Waals surface area contributed by atoms with Crippen LogP contribution in [0.4, 0.5) is 4.39 Å². The standard InChI is InChI=1S/C16H23FN2O4S/c1-2-12-24(21,22)19-9-5-8-18(10-11-19)16(20)13-23-15-7-4-3-6-14(15)17/h3-4,6-7H,2,5,8-13H2,1H3. The van der Waals surface area contributed by atoms with Crippen molar-refractivity contribution >= 4 is 15.9 Å². The minimum absolute atomic E-state index is 0.0350. The number of halogens is 1. The van der Waals surface area contributed by atoms with E-state index < -0.39 is 15.8 Å². The Hall–Kier alpha value is -1.67. The van der Waals surface area contributed by atoms with Gasteiger partial charge in [-0.05, 0) is 25.0 Å². The highest BCUT2D eigenvalue weighted by Gasteiger charge is 2.26. The van der Waals surface area contributed by atoms with Crippen LogP contribution < -0.4 is 4.74 Å². The zero-order chi connectivity index (χ0) is 17.6. The molecule has 6 nitrogen and oxygen atoms in total. The van der Waals surface area contributed by atoms with Crippen molar-refractivity contribution < 1.29 is 22.3 Å². The van der Waals surface area contributed by atoms with E-state index in [-0.39, 0.29) is 30.6 Å². The summed E-state index contributed by atoms with van der Waals surface area (Å²) in [6, 6.07) is 5.90. The summed E-state index contributed by atoms with van der Waals surface area (Å²) in [6.45, 7) is 3.06. The summed E-state index contributed by atoms with van der Waals surface area (Å²) in [5, 5.41) is 0. The number of sulfonamides is 1. The van der Waals surface area contributed by atoms with Gasteiger partial charge in [0, 0.05) is 26.2 Å². The molecular weight excluding hydrogens is 335 g/mol. The molecule has 8 heteroatoms. The average Bonchev–Trinajstić information content (AvgIpc) is 2.80. The lowest BCUT2D eigenvalue weighted by Gasteiger charge is -2.22. The smallest absolute Gasteiger partial charge is 0.260 e. The summed E-state index contributed by atoms with van der Waals surface area (Å²) in [5.41, 5.74) is 0. The lowest BCUT2D eigenvalue weighted by Crippen LogP contribution is -2.39. The first-order valence-corrected chi connectivity index (χ1v) is 9.68. The van der Waals surface area contributed by atoms with Gasteiger partial charge in [0.2, 0.25) is 10.0 Å². The number of hydrogen-bond donors (Lipinski definition) is 0. The SMILES string of the molecule is CCCS(=O)(=O)N1CCCN(C(=O)COc2ccccc2F)CC1. The number of ether oxygens (including phenoxy) is 1. The van der Waals surface area contributed by atoms with Crippen LogP contribution in [0.5, 0.6) is 5.75 Å². The number of nitrogens with zero attached hydrogens (tertiary/aromatic N) is 2. The van der Waals surface area contributed by atoms with E-state index in [4.69, 9.17) is 4.74 Å². The van der Waals surface area contributed by atoms with E-state index in [1.165, 1.54) is 16.4 Å². The molecule has 0 radical (unpaired) electrons. The molecule has 1 aromatic carbocycles. The van der Waals surface area contributed by atoms with Gasteiger partial charge in [-0.2, -0.15) is 0 Å². The zero-order valence-electron chi connectivity index (χ0n) is 13.8. The molecule has 0 unspecified atom stereocenters. The van der Waals surface area contributed by atoms with E-state index in [1.54, 1.807) is 17.0 Å². The minimum atomic E-state index is -3.25. The molecule has 0 N–H and O–H groups in total. The lowest BCUT2D eigenvalue weighted by atomic mass is 10.3. The first-order chi connectivity index (χ1) is 11.4. The fraction of sp³-hybridized carbons (Fsp3) is 0.562. The molecule has 1 aliphatic heterocycles. The van der Waals surface area contributed by atoms with Gasteiger partial charge in [-0.25, -0.2) is 17.1 Å². The molecule has 134 valence electrons. The summed E-state index contributed by atoms with van der Waals surface area (Å²) in [7, 11) is -3.25. The molecule has 0 spiro atoms. The molecule has 0 bridgehead atoms. The fourth-order valence-corrected chi connectivity index (χ4v) is 4.14. The summed E-state index contributed by atoms with van der Waals surface area (Å²) >= 11 is 0. The van der Waals surface area contributed by atoms with Crippen LogP contribution in [0.25, 0.3) is 0 Å². The van der Waals surface area contributed by atoms with Crippen molar-refractivity contribution in [3.8, 4) is 5.75 Å². The zero-order valence-corrected chi connectivity index (χ0v) is 14.6. The molecule has 0 atom stereocenters. The molecule has 1 heterocycles. The van der Waals surface area contributed by atoms with Crippen LogP contribution in [-0.2, 0) is 14.8 Å². The molecule has 1 amide bonds. The number of benzene rings is 1. The van der Waals surface area contributed by atoms with E-state index in [1.807, 2.05) is 6.92 Å². The van der Waals surface area contributed by atoms with Crippen LogP contribution in [0.2, 0.25) is 0 Å². The van der Waals surface area contributed by atoms with Gasteiger partial charge in [-0.3, -0.25) is 4.79 Å². The predicted octanol–water partition coefficient (Wildman–Crippen LogP) is 1.48. The summed E-state index contributed by atoms with van der Waals surface area (Å²) in [4.78, 5) is 13.8. The van der Waals surface area contributed by atoms with Gasteiger partial charge in [0.15, 0.2) is 18.2 Å². The molecule has 0 saturated carbocycles. The number of amides is 1. The Kier molecular flexibility index (Phi) is 6.56. The van der Waals surface area contributed by atoms with E-state index in [9.17, 15) is 17.6 Å². The Morgan fingerprint density at radius 2 is 1.96 bits per heavy atom. The number of carbonyl (C=O) groups excluding carboxylic acids is 1. The molecule has 2 rings (SSSR count). The second-order valence-electron chi connectivity index (χ2n) is 5.67. The van der Waals surface area contributed by atoms with Crippen LogP contribution in [0.3, 0.4) is 0 Å². The largest absolute Gasteiger partial charge is 0.481 e. The number of hydrogen-bond acceptors (Lipinski definition) is 4. The Morgan fingerprint density at radius 3 is 2.67 bits per heavy atom. The summed E-state index contributed by atoms with van der Waals surface area (Å²) in [5.74, 6) is -0.629. The van der Waals surface area contributed by atoms with Gasteiger partial charge < -0.3 is 9.64 Å². The molecule has 1 aliphatic rings. The highest BCUT2D eigenvalue weighted by atomic mass is 32.2. The van der Waals surface area contributed by atoms with Gasteiger partial charge in [0.25, 0.3) is 5.91 Å². The van der Waals surface area contributed by atoms with Crippen molar-refractivity contribution in [2.45, 2.75) is 19.8 Å². The molecule has 1 fully saturated rings. The van der Waals surface area contributed by atoms with Crippen molar-refractivity contribution in [1.82, 2.24) is 9.21 Å². The Labute approximate surface area is 142 Å². The second kappa shape index (κ2) is 8.43. The van der Waals surface area contributed by atoms with Gasteiger partial charge in [0.05, 0.1) is 5.75 Å². The van der Waals surface area contributed by atoms with E-state index in [0.29, 0.717) is 32.5 Å². The maximum atomic E-state index is 13.5. The second-order valence-corrected chi connectivity index (χ2v) is 7.76. The van der Waals surface area contributed by atoms with Crippen molar-refractivity contribution in [2.24, 2.45) is 0 Å². The number of rotatable bonds is 6. The van der Waals surface area contributed by atoms with Crippen molar-refractivity contribution in [1.29, 1.82) is 0 Å². The van der Waals surface area contributed by atoms with E-state index >= 15 is 0 Å². The normalized spacial score (nSPS) is 16.7. The fourth-order valence-electron chi connectivity index (χ4n) is 2.60. The summed E-state index contributed by atoms with van der Waals surface area (Å²) < 4.78 is 44.4. The maximum absolute atomic E-state index is 13.5. The Morgan fingerprint density at radius 1 is 1.21 bits per heavy atom. The average molecular weight is 358 g/mol. The van der Waals surface area contributed by atoms with Crippen molar-refractivity contribution in [3.63, 3.8) is 0 Å². The molecule has 24 heavy (non-hydrogen) atoms. The maximum Gasteiger partial charge on any atom is 0.260 e. The van der Waals surface area contributed by atoms with Crippen LogP contribution in [0.15, 0.2) is 24.3 Å². The third kappa shape index (κ3) is 4.91. The van der Waals surface area contributed by atoms with Crippen LogP contribution in [0.1, 0.15) is 19.8 Å². The third-order valence-corrected chi connectivity index (χ3v) is 5.93. The number of para-hydroxylation sites is 1. The minimum Gasteiger partial charge on any atom is -0.481 e. The van der Waals surface area contributed by atoms with Crippen LogP contribution >= 0.6 is 0 Å². The molecule has 0 aliphatic carbocycles. The van der Waals surface area contributed by atoms with Gasteiger partial charge in [-0.15, -0.1) is 0 Å². The van der Waals surface area contributed by atoms with Crippen molar-refractivity contribution in [3.05, 3.63) is 30.1 Å². The quantitative estimate of drug-likeness (QED) is 0.773. The molecular formula is C16H23FN2O4S. The monoisotopic (exact) mass is 358 g/mol. The first-order valence-electron chi connectivity index (χ1n) is 8.07. The topological polar surface area (TPSA) is 66.9 Å². The van der Waals surface area contributed by atoms with Crippen LogP contribution in [0, 0.1) is 5.82 Å². The highest BCUT2D eigenvalue weighted by Crippen LogP contribution is 2.16. The Balaban J connectivity index is 1.89. The highest BCUT2D eigenvalue weighted by molar-refractivity contribution is 7.89. The Bertz CT molecular complexity index is 666. The van der Waals surface area contributed by atoms with Gasteiger partial charge in [0.1, 0.15) is 0 Å². The molecule has 1 aromatic rings. The van der Waals surface area contributed by atoms with Crippen LogP contribution in [-0.4, -0.2) is 62.1 Å². The van der Waals surface area contributed by atoms with Crippen molar-refractivity contribution in [2.75, 3.05) is 38.5 Å². The predicted molar refractivity (Wildman–Crippen MR) is 88.7 cm³/mol. The first kappa shape index (κ1) is 18.7. The van der Waals surface area contributed by atoms with Gasteiger partial charge in [-0.1, -0.05) is 19.1 Å². The van der Waals surface area contributed by atoms with Gasteiger partial charge >= 0.3 is 0 Å². The lowest BCUT2D eigenvalue weighted by molar-refractivity contribution is -0.133. The summed E-state index contributed by atoms with van der Waals surface area (Å²) in [6.07, 6.45) is 1.15. The van der Waals surface area contributed by atoms with E-state index in [0.717, 1.165) is 0 Å².